The summed E-state index contributed by atoms with van der Waals surface area (Å²) in [6.07, 6.45) is 0. The van der Waals surface area contributed by atoms with Crippen LogP contribution in [0.1, 0.15) is 5.56 Å². The fraction of sp³-hybridized carbons (Fsp3) is 0. The summed E-state index contributed by atoms with van der Waals surface area (Å²) in [6, 6.07) is 10.8. The van der Waals surface area contributed by atoms with Gasteiger partial charge >= 0.3 is 0 Å². The predicted octanol–water partition coefficient (Wildman–Crippen LogP) is 2.08. The Kier molecular flexibility index (Phi) is 3.59. The molecule has 0 atom stereocenters. The average molecular weight is 291 g/mol. The van der Waals surface area contributed by atoms with Crippen LogP contribution < -0.4 is 10.5 Å². The SMILES string of the molecule is N#Cc1ccc(S(=O)(=O)Nc2cccc(F)c2)c(N)c1. The predicted molar refractivity (Wildman–Crippen MR) is 72.8 cm³/mol. The molecule has 0 saturated heterocycles. The molecule has 0 aliphatic rings. The van der Waals surface area contributed by atoms with Gasteiger partial charge < -0.3 is 5.73 Å². The van der Waals surface area contributed by atoms with E-state index < -0.39 is 15.8 Å². The first kappa shape index (κ1) is 13.8. The van der Waals surface area contributed by atoms with Crippen molar-refractivity contribution in [3.63, 3.8) is 0 Å². The fourth-order valence-corrected chi connectivity index (χ4v) is 2.79. The van der Waals surface area contributed by atoms with E-state index in [1.54, 1.807) is 0 Å². The van der Waals surface area contributed by atoms with E-state index in [4.69, 9.17) is 11.0 Å². The van der Waals surface area contributed by atoms with E-state index in [2.05, 4.69) is 4.72 Å². The van der Waals surface area contributed by atoms with Crippen LogP contribution in [0.15, 0.2) is 47.4 Å². The second-order valence-electron chi connectivity index (χ2n) is 3.98. The van der Waals surface area contributed by atoms with Gasteiger partial charge in [0, 0.05) is 0 Å². The Morgan fingerprint density at radius 2 is 1.95 bits per heavy atom. The zero-order valence-electron chi connectivity index (χ0n) is 10.2. The Morgan fingerprint density at radius 3 is 2.55 bits per heavy atom. The van der Waals surface area contributed by atoms with Gasteiger partial charge in [0.2, 0.25) is 0 Å². The van der Waals surface area contributed by atoms with Gasteiger partial charge in [0.25, 0.3) is 10.0 Å². The highest BCUT2D eigenvalue weighted by Crippen LogP contribution is 2.22. The number of nitrogens with two attached hydrogens (primary N) is 1. The van der Waals surface area contributed by atoms with Crippen LogP contribution in [-0.4, -0.2) is 8.42 Å². The van der Waals surface area contributed by atoms with Crippen LogP contribution in [0.4, 0.5) is 15.8 Å². The van der Waals surface area contributed by atoms with Gasteiger partial charge in [0.15, 0.2) is 0 Å². The quantitative estimate of drug-likeness (QED) is 0.846. The minimum absolute atomic E-state index is 0.0482. The molecule has 5 nitrogen and oxygen atoms in total. The van der Waals surface area contributed by atoms with Crippen LogP contribution >= 0.6 is 0 Å². The molecule has 0 amide bonds. The number of nitrogen functional groups attached to an aromatic ring is 1. The molecule has 20 heavy (non-hydrogen) atoms. The topological polar surface area (TPSA) is 96.0 Å². The number of nitriles is 1. The van der Waals surface area contributed by atoms with E-state index in [0.29, 0.717) is 0 Å². The van der Waals surface area contributed by atoms with Gasteiger partial charge in [-0.15, -0.1) is 0 Å². The van der Waals surface area contributed by atoms with Gasteiger partial charge in [0.1, 0.15) is 10.7 Å². The summed E-state index contributed by atoms with van der Waals surface area (Å²) in [7, 11) is -3.94. The van der Waals surface area contributed by atoms with E-state index in [9.17, 15) is 12.8 Å². The van der Waals surface area contributed by atoms with Crippen LogP contribution in [0.2, 0.25) is 0 Å². The van der Waals surface area contributed by atoms with Crippen molar-refractivity contribution in [2.75, 3.05) is 10.5 Å². The zero-order chi connectivity index (χ0) is 14.8. The molecule has 0 bridgehead atoms. The summed E-state index contributed by atoms with van der Waals surface area (Å²) in [5, 5.41) is 8.71. The summed E-state index contributed by atoms with van der Waals surface area (Å²) < 4.78 is 39.5. The molecule has 0 heterocycles. The van der Waals surface area contributed by atoms with Crippen molar-refractivity contribution in [2.24, 2.45) is 0 Å². The molecule has 0 spiro atoms. The maximum Gasteiger partial charge on any atom is 0.263 e. The van der Waals surface area contributed by atoms with Crippen LogP contribution in [0.25, 0.3) is 0 Å². The highest BCUT2D eigenvalue weighted by atomic mass is 32.2. The van der Waals surface area contributed by atoms with Gasteiger partial charge in [-0.25, -0.2) is 12.8 Å². The zero-order valence-corrected chi connectivity index (χ0v) is 11.0. The van der Waals surface area contributed by atoms with Gasteiger partial charge in [-0.05, 0) is 36.4 Å². The van der Waals surface area contributed by atoms with E-state index in [1.807, 2.05) is 6.07 Å². The number of nitrogens with zero attached hydrogens (tertiary/aromatic N) is 1. The van der Waals surface area contributed by atoms with Gasteiger partial charge in [-0.1, -0.05) is 6.07 Å². The monoisotopic (exact) mass is 291 g/mol. The van der Waals surface area contributed by atoms with Crippen LogP contribution in [0.3, 0.4) is 0 Å². The number of sulfonamides is 1. The van der Waals surface area contributed by atoms with Gasteiger partial charge in [-0.2, -0.15) is 5.26 Å². The van der Waals surface area contributed by atoms with Crippen molar-refractivity contribution in [3.05, 3.63) is 53.8 Å². The molecule has 0 fully saturated rings. The Hall–Kier alpha value is -2.59. The summed E-state index contributed by atoms with van der Waals surface area (Å²) >= 11 is 0. The van der Waals surface area contributed by atoms with Crippen molar-refractivity contribution in [1.82, 2.24) is 0 Å². The smallest absolute Gasteiger partial charge is 0.263 e. The first-order valence-electron chi connectivity index (χ1n) is 5.50. The molecule has 2 rings (SSSR count). The molecule has 2 aromatic rings. The second-order valence-corrected chi connectivity index (χ2v) is 5.63. The Labute approximate surface area is 115 Å². The number of nitrogens with one attached hydrogen (secondary N) is 1. The standard InChI is InChI=1S/C13H10FN3O2S/c14-10-2-1-3-11(7-10)17-20(18,19)13-5-4-9(8-15)6-12(13)16/h1-7,17H,16H2. The number of hydrogen-bond donors (Lipinski definition) is 2. The van der Waals surface area contributed by atoms with Crippen molar-refractivity contribution in [2.45, 2.75) is 4.90 Å². The van der Waals surface area contributed by atoms with E-state index in [1.165, 1.54) is 36.4 Å². The highest BCUT2D eigenvalue weighted by Gasteiger charge is 2.18. The lowest BCUT2D eigenvalue weighted by Crippen LogP contribution is -2.15. The molecule has 0 aliphatic heterocycles. The first-order chi connectivity index (χ1) is 9.42. The molecule has 7 heteroatoms. The molecule has 0 unspecified atom stereocenters. The normalized spacial score (nSPS) is 10.8. The lowest BCUT2D eigenvalue weighted by atomic mass is 10.2. The number of rotatable bonds is 3. The van der Waals surface area contributed by atoms with Crippen LogP contribution in [-0.2, 0) is 10.0 Å². The Balaban J connectivity index is 2.39. The molecule has 102 valence electrons. The molecule has 0 aromatic heterocycles. The molecular weight excluding hydrogens is 281 g/mol. The molecule has 0 aliphatic carbocycles. The van der Waals surface area contributed by atoms with Crippen LogP contribution in [0.5, 0.6) is 0 Å². The van der Waals surface area contributed by atoms with Crippen molar-refractivity contribution < 1.29 is 12.8 Å². The maximum absolute atomic E-state index is 13.0. The summed E-state index contributed by atoms with van der Waals surface area (Å²) in [6.45, 7) is 0. The summed E-state index contributed by atoms with van der Waals surface area (Å²) in [4.78, 5) is -0.166. The number of halogens is 1. The highest BCUT2D eigenvalue weighted by molar-refractivity contribution is 7.92. The Bertz CT molecular complexity index is 798. The van der Waals surface area contributed by atoms with Gasteiger partial charge in [0.05, 0.1) is 23.0 Å². The maximum atomic E-state index is 13.0. The number of benzene rings is 2. The van der Waals surface area contributed by atoms with E-state index in [-0.39, 0.29) is 21.8 Å². The fourth-order valence-electron chi connectivity index (χ4n) is 1.62. The lowest BCUT2D eigenvalue weighted by Gasteiger charge is -2.10. The molecule has 0 radical (unpaired) electrons. The number of anilines is 2. The minimum Gasteiger partial charge on any atom is -0.398 e. The van der Waals surface area contributed by atoms with E-state index in [0.717, 1.165) is 6.07 Å². The van der Waals surface area contributed by atoms with Crippen molar-refractivity contribution in [1.29, 1.82) is 5.26 Å². The molecule has 2 aromatic carbocycles. The van der Waals surface area contributed by atoms with Gasteiger partial charge in [-0.3, -0.25) is 4.72 Å². The number of hydrogen-bond acceptors (Lipinski definition) is 4. The molecule has 0 saturated carbocycles. The van der Waals surface area contributed by atoms with E-state index >= 15 is 0 Å². The summed E-state index contributed by atoms with van der Waals surface area (Å²) in [5.41, 5.74) is 5.92. The minimum atomic E-state index is -3.94. The lowest BCUT2D eigenvalue weighted by molar-refractivity contribution is 0.601. The van der Waals surface area contributed by atoms with Crippen LogP contribution in [0, 0.1) is 17.1 Å². The summed E-state index contributed by atoms with van der Waals surface area (Å²) in [5.74, 6) is -0.557. The largest absolute Gasteiger partial charge is 0.398 e. The van der Waals surface area contributed by atoms with Crippen molar-refractivity contribution >= 4 is 21.4 Å². The Morgan fingerprint density at radius 1 is 1.20 bits per heavy atom. The second kappa shape index (κ2) is 5.19. The molecular formula is C13H10FN3O2S. The third-order valence-corrected chi connectivity index (χ3v) is 3.96. The third-order valence-electron chi connectivity index (χ3n) is 2.51. The third kappa shape index (κ3) is 2.87. The molecule has 3 N–H and O–H groups in total. The van der Waals surface area contributed by atoms with Crippen molar-refractivity contribution in [3.8, 4) is 6.07 Å². The average Bonchev–Trinajstić information content (AvgIpc) is 2.37. The first-order valence-corrected chi connectivity index (χ1v) is 6.99.